The van der Waals surface area contributed by atoms with Gasteiger partial charge in [0.1, 0.15) is 0 Å². The fourth-order valence-electron chi connectivity index (χ4n) is 2.45. The van der Waals surface area contributed by atoms with Gasteiger partial charge in [0.15, 0.2) is 0 Å². The molecule has 3 rings (SSSR count). The average molecular weight is 373 g/mol. The lowest BCUT2D eigenvalue weighted by Crippen LogP contribution is -2.29. The first-order valence-corrected chi connectivity index (χ1v) is 8.29. The van der Waals surface area contributed by atoms with Crippen LogP contribution < -0.4 is 10.2 Å². The van der Waals surface area contributed by atoms with Crippen molar-refractivity contribution in [2.75, 3.05) is 17.3 Å². The number of carbonyl (C=O) groups excluding carboxylic acids is 2. The number of halogens is 1. The van der Waals surface area contributed by atoms with Crippen LogP contribution in [0.3, 0.4) is 0 Å². The minimum absolute atomic E-state index is 0.0766. The summed E-state index contributed by atoms with van der Waals surface area (Å²) < 4.78 is 0.893. The van der Waals surface area contributed by atoms with Crippen LogP contribution in [0.15, 0.2) is 53.0 Å². The Morgan fingerprint density at radius 1 is 1.13 bits per heavy atom. The Balaban J connectivity index is 1.84. The first-order chi connectivity index (χ1) is 11.1. The number of carbonyl (C=O) groups is 2. The summed E-state index contributed by atoms with van der Waals surface area (Å²) in [4.78, 5) is 26.5. The highest BCUT2D eigenvalue weighted by molar-refractivity contribution is 9.10. The van der Waals surface area contributed by atoms with E-state index in [9.17, 15) is 9.59 Å². The number of amides is 2. The van der Waals surface area contributed by atoms with Gasteiger partial charge in [0.2, 0.25) is 5.91 Å². The number of hydrogen-bond donors (Lipinski definition) is 1. The topological polar surface area (TPSA) is 49.4 Å². The van der Waals surface area contributed by atoms with E-state index < -0.39 is 0 Å². The second kappa shape index (κ2) is 6.54. The molecule has 0 atom stereocenters. The highest BCUT2D eigenvalue weighted by Crippen LogP contribution is 2.33. The summed E-state index contributed by atoms with van der Waals surface area (Å²) in [6, 6.07) is 14.6. The third-order valence-corrected chi connectivity index (χ3v) is 4.34. The van der Waals surface area contributed by atoms with Crippen molar-refractivity contribution in [2.45, 2.75) is 12.8 Å². The molecule has 0 unspecified atom stereocenters. The molecule has 1 aliphatic carbocycles. The first kappa shape index (κ1) is 15.7. The monoisotopic (exact) mass is 372 g/mol. The van der Waals surface area contributed by atoms with Crippen LogP contribution in [0.2, 0.25) is 0 Å². The average Bonchev–Trinajstić information content (AvgIpc) is 3.38. The van der Waals surface area contributed by atoms with Crippen LogP contribution in [0, 0.1) is 5.92 Å². The van der Waals surface area contributed by atoms with Gasteiger partial charge in [0, 0.05) is 23.1 Å². The summed E-state index contributed by atoms with van der Waals surface area (Å²) in [7, 11) is 1.73. The first-order valence-electron chi connectivity index (χ1n) is 7.50. The second-order valence-electron chi connectivity index (χ2n) is 5.65. The minimum Gasteiger partial charge on any atom is -0.322 e. The Labute approximate surface area is 143 Å². The lowest BCUT2D eigenvalue weighted by molar-refractivity contribution is -0.119. The van der Waals surface area contributed by atoms with Crippen LogP contribution >= 0.6 is 15.9 Å². The van der Waals surface area contributed by atoms with E-state index in [-0.39, 0.29) is 17.7 Å². The molecular weight excluding hydrogens is 356 g/mol. The van der Waals surface area contributed by atoms with Crippen LogP contribution in [-0.2, 0) is 4.79 Å². The molecular formula is C18H17BrN2O2. The van der Waals surface area contributed by atoms with Gasteiger partial charge in [-0.25, -0.2) is 0 Å². The zero-order chi connectivity index (χ0) is 16.4. The van der Waals surface area contributed by atoms with Crippen molar-refractivity contribution in [3.63, 3.8) is 0 Å². The van der Waals surface area contributed by atoms with Crippen molar-refractivity contribution in [3.05, 3.63) is 58.6 Å². The molecule has 1 fully saturated rings. The molecule has 2 aromatic carbocycles. The van der Waals surface area contributed by atoms with E-state index in [1.165, 1.54) is 0 Å². The van der Waals surface area contributed by atoms with Crippen LogP contribution in [0.1, 0.15) is 23.2 Å². The number of para-hydroxylation sites is 1. The number of nitrogens with zero attached hydrogens (tertiary/aromatic N) is 1. The molecule has 4 nitrogen and oxygen atoms in total. The van der Waals surface area contributed by atoms with Gasteiger partial charge in [-0.05, 0) is 43.2 Å². The Morgan fingerprint density at radius 3 is 2.57 bits per heavy atom. The maximum absolute atomic E-state index is 12.6. The predicted octanol–water partition coefficient (Wildman–Crippen LogP) is 4.07. The van der Waals surface area contributed by atoms with Gasteiger partial charge in [-0.2, -0.15) is 0 Å². The lowest BCUT2D eigenvalue weighted by Gasteiger charge is -2.20. The summed E-state index contributed by atoms with van der Waals surface area (Å²) in [5, 5.41) is 2.87. The number of anilines is 2. The highest BCUT2D eigenvalue weighted by atomic mass is 79.9. The van der Waals surface area contributed by atoms with Crippen molar-refractivity contribution < 1.29 is 9.59 Å². The van der Waals surface area contributed by atoms with Crippen molar-refractivity contribution in [3.8, 4) is 0 Å². The maximum Gasteiger partial charge on any atom is 0.257 e. The Morgan fingerprint density at radius 2 is 1.87 bits per heavy atom. The van der Waals surface area contributed by atoms with E-state index in [1.807, 2.05) is 30.3 Å². The van der Waals surface area contributed by atoms with E-state index in [0.29, 0.717) is 16.9 Å². The molecule has 0 aliphatic heterocycles. The molecule has 2 amide bonds. The summed E-state index contributed by atoms with van der Waals surface area (Å²) in [5.74, 6) is -0.0388. The second-order valence-corrected chi connectivity index (χ2v) is 6.57. The van der Waals surface area contributed by atoms with Gasteiger partial charge in [-0.15, -0.1) is 0 Å². The van der Waals surface area contributed by atoms with Gasteiger partial charge in [-0.3, -0.25) is 9.59 Å². The SMILES string of the molecule is CN(C(=O)C1CC1)c1ccccc1C(=O)Nc1cccc(Br)c1. The van der Waals surface area contributed by atoms with Crippen LogP contribution in [0.5, 0.6) is 0 Å². The molecule has 5 heteroatoms. The molecule has 0 radical (unpaired) electrons. The molecule has 0 aromatic heterocycles. The van der Waals surface area contributed by atoms with E-state index in [0.717, 1.165) is 17.3 Å². The molecule has 0 bridgehead atoms. The number of benzene rings is 2. The van der Waals surface area contributed by atoms with Crippen LogP contribution in [0.4, 0.5) is 11.4 Å². The minimum atomic E-state index is -0.228. The van der Waals surface area contributed by atoms with Gasteiger partial charge in [0.25, 0.3) is 5.91 Å². The number of rotatable bonds is 4. The van der Waals surface area contributed by atoms with E-state index in [2.05, 4.69) is 21.2 Å². The number of nitrogens with one attached hydrogen (secondary N) is 1. The Hall–Kier alpha value is -2.14. The zero-order valence-electron chi connectivity index (χ0n) is 12.8. The molecule has 23 heavy (non-hydrogen) atoms. The molecule has 0 heterocycles. The summed E-state index contributed by atoms with van der Waals surface area (Å²) in [6.45, 7) is 0. The van der Waals surface area contributed by atoms with Crippen LogP contribution in [0.25, 0.3) is 0 Å². The zero-order valence-corrected chi connectivity index (χ0v) is 14.3. The molecule has 1 aliphatic rings. The normalized spacial score (nSPS) is 13.5. The van der Waals surface area contributed by atoms with Gasteiger partial charge >= 0.3 is 0 Å². The molecule has 2 aromatic rings. The largest absolute Gasteiger partial charge is 0.322 e. The van der Waals surface area contributed by atoms with Crippen LogP contribution in [-0.4, -0.2) is 18.9 Å². The van der Waals surface area contributed by atoms with E-state index in [4.69, 9.17) is 0 Å². The van der Waals surface area contributed by atoms with Crippen molar-refractivity contribution >= 4 is 39.1 Å². The third kappa shape index (κ3) is 3.62. The lowest BCUT2D eigenvalue weighted by atomic mass is 10.1. The fourth-order valence-corrected chi connectivity index (χ4v) is 2.84. The molecule has 1 saturated carbocycles. The predicted molar refractivity (Wildman–Crippen MR) is 94.7 cm³/mol. The molecule has 0 spiro atoms. The molecule has 1 N–H and O–H groups in total. The molecule has 118 valence electrons. The summed E-state index contributed by atoms with van der Waals surface area (Å²) >= 11 is 3.38. The van der Waals surface area contributed by atoms with Crippen molar-refractivity contribution in [1.82, 2.24) is 0 Å². The quantitative estimate of drug-likeness (QED) is 0.878. The van der Waals surface area contributed by atoms with Crippen molar-refractivity contribution in [2.24, 2.45) is 5.92 Å². The smallest absolute Gasteiger partial charge is 0.257 e. The Bertz CT molecular complexity index is 756. The van der Waals surface area contributed by atoms with Gasteiger partial charge in [-0.1, -0.05) is 34.1 Å². The summed E-state index contributed by atoms with van der Waals surface area (Å²) in [6.07, 6.45) is 1.88. The van der Waals surface area contributed by atoms with Crippen molar-refractivity contribution in [1.29, 1.82) is 0 Å². The summed E-state index contributed by atoms with van der Waals surface area (Å²) in [5.41, 5.74) is 1.83. The van der Waals surface area contributed by atoms with E-state index >= 15 is 0 Å². The van der Waals surface area contributed by atoms with E-state index in [1.54, 1.807) is 30.1 Å². The standard InChI is InChI=1S/C18H17BrN2O2/c1-21(18(23)12-9-10-12)16-8-3-2-7-15(16)17(22)20-14-6-4-5-13(19)11-14/h2-8,11-12H,9-10H2,1H3,(H,20,22). The third-order valence-electron chi connectivity index (χ3n) is 3.85. The maximum atomic E-state index is 12.6. The Kier molecular flexibility index (Phi) is 4.48. The highest BCUT2D eigenvalue weighted by Gasteiger charge is 2.33. The van der Waals surface area contributed by atoms with Gasteiger partial charge in [0.05, 0.1) is 11.3 Å². The molecule has 0 saturated heterocycles. The fraction of sp³-hybridized carbons (Fsp3) is 0.222. The number of hydrogen-bond acceptors (Lipinski definition) is 2. The van der Waals surface area contributed by atoms with Gasteiger partial charge < -0.3 is 10.2 Å².